The maximum absolute atomic E-state index is 16.4. The summed E-state index contributed by atoms with van der Waals surface area (Å²) < 4.78 is 37.4. The number of amides is 6. The molecule has 6 amide bonds. The average Bonchev–Trinajstić information content (AvgIpc) is 1.49. The van der Waals surface area contributed by atoms with E-state index in [9.17, 15) is 34.5 Å². The van der Waals surface area contributed by atoms with Crippen molar-refractivity contribution in [3.05, 3.63) is 260 Å². The molecule has 101 heavy (non-hydrogen) atoms. The quantitative estimate of drug-likeness (QED) is 0.0333. The Bertz CT molecular complexity index is 5070. The molecular weight excluding hydrogens is 1350 g/mol. The van der Waals surface area contributed by atoms with E-state index in [2.05, 4.69) is 0 Å². The molecule has 1 fully saturated rings. The summed E-state index contributed by atoms with van der Waals surface area (Å²) in [6.45, 7) is -0.0812. The van der Waals surface area contributed by atoms with Gasteiger partial charge in [-0.25, -0.2) is 19.6 Å². The van der Waals surface area contributed by atoms with Crippen LogP contribution in [0.1, 0.15) is 57.7 Å². The number of nitrogens with zero attached hydrogens (tertiary/aromatic N) is 6. The van der Waals surface area contributed by atoms with Gasteiger partial charge in [0.05, 0.1) is 25.9 Å². The van der Waals surface area contributed by atoms with Crippen molar-refractivity contribution in [1.29, 1.82) is 10.5 Å². The predicted octanol–water partition coefficient (Wildman–Crippen LogP) is 12.6. The number of carbonyl (C=O) groups is 10. The zero-order chi connectivity index (χ0) is 70.7. The SMILES string of the molecule is CC1=C(C#N)C(=O)N(C(=O)OCc2ccccc2)C(=O)/C1=N/C1=CC2=C(c3sc4c(sc5cc(/N=C6/C(=O)N(C(=O)OCc7ccccc7)C(=O)C(C#N)C6C)sc54)c3C2(C(=O)OCc2ccccc2)C(=O)OCc2ccccc2)C1(C(=O)OCc1ccccc1)C(=O)OCc1ccccc1. The van der Waals surface area contributed by atoms with Crippen LogP contribution in [0.25, 0.3) is 24.4 Å². The zero-order valence-electron chi connectivity index (χ0n) is 53.3. The molecule has 1 saturated heterocycles. The van der Waals surface area contributed by atoms with Crippen molar-refractivity contribution in [3.8, 4) is 12.1 Å². The molecule has 0 N–H and O–H groups in total. The highest BCUT2D eigenvalue weighted by Crippen LogP contribution is 2.67. The first-order valence-corrected chi connectivity index (χ1v) is 33.6. The van der Waals surface area contributed by atoms with Crippen LogP contribution in [0, 0.1) is 39.9 Å². The number of hydrogen-bond donors (Lipinski definition) is 0. The van der Waals surface area contributed by atoms with Crippen LogP contribution >= 0.6 is 34.0 Å². The van der Waals surface area contributed by atoms with Gasteiger partial charge in [0.25, 0.3) is 23.6 Å². The van der Waals surface area contributed by atoms with E-state index in [1.807, 2.05) is 6.07 Å². The van der Waals surface area contributed by atoms with Crippen molar-refractivity contribution >= 4 is 135 Å². The number of allylic oxidation sites excluding steroid dienone is 1. The third-order valence-corrected chi connectivity index (χ3v) is 21.1. The van der Waals surface area contributed by atoms with Crippen LogP contribution in [-0.2, 0) is 112 Å². The van der Waals surface area contributed by atoms with E-state index in [0.29, 0.717) is 47.5 Å². The molecule has 4 aliphatic rings. The van der Waals surface area contributed by atoms with Gasteiger partial charge in [0, 0.05) is 32.2 Å². The number of thiophene rings is 3. The lowest BCUT2D eigenvalue weighted by atomic mass is 9.77. The number of aliphatic imine (C=N–C) groups is 2. The lowest BCUT2D eigenvalue weighted by Crippen LogP contribution is -2.56. The molecule has 0 bridgehead atoms. The monoisotopic (exact) mass is 1400 g/mol. The van der Waals surface area contributed by atoms with Crippen LogP contribution in [0.2, 0.25) is 0 Å². The van der Waals surface area contributed by atoms with Gasteiger partial charge in [-0.05, 0) is 58.0 Å². The molecule has 500 valence electrons. The average molecular weight is 1400 g/mol. The normalized spacial score (nSPS) is 17.5. The topological polar surface area (TPSA) is 305 Å². The number of piperidine rings is 1. The smallest absolute Gasteiger partial charge is 0.424 e. The van der Waals surface area contributed by atoms with E-state index in [0.717, 1.165) is 40.1 Å². The Balaban J connectivity index is 1.04. The van der Waals surface area contributed by atoms with Crippen molar-refractivity contribution < 1.29 is 76.4 Å². The Kier molecular flexibility index (Phi) is 18.8. The highest BCUT2D eigenvalue weighted by molar-refractivity contribution is 7.40. The lowest BCUT2D eigenvalue weighted by Gasteiger charge is -2.30. The zero-order valence-corrected chi connectivity index (χ0v) is 55.8. The minimum atomic E-state index is -3.13. The van der Waals surface area contributed by atoms with Gasteiger partial charge in [-0.2, -0.15) is 20.3 Å². The molecule has 6 aromatic carbocycles. The molecule has 2 aliphatic heterocycles. The van der Waals surface area contributed by atoms with E-state index >= 15 is 24.0 Å². The second kappa shape index (κ2) is 28.2. The number of rotatable bonds is 18. The summed E-state index contributed by atoms with van der Waals surface area (Å²) >= 11 is 2.95. The minimum Gasteiger partial charge on any atom is -0.459 e. The number of hydrogen-bond acceptors (Lipinski definition) is 23. The molecule has 0 radical (unpaired) electrons. The van der Waals surface area contributed by atoms with Gasteiger partial charge in [0.1, 0.15) is 73.6 Å². The van der Waals surface area contributed by atoms with Gasteiger partial charge in [-0.3, -0.25) is 38.4 Å². The summed E-state index contributed by atoms with van der Waals surface area (Å²) in [6.07, 6.45) is -1.77. The number of carbonyl (C=O) groups excluding carboxylic acids is 10. The summed E-state index contributed by atoms with van der Waals surface area (Å²) in [6, 6.07) is 55.6. The fourth-order valence-corrected chi connectivity index (χ4v) is 16.5. The second-order valence-corrected chi connectivity index (χ2v) is 26.5. The fourth-order valence-electron chi connectivity index (χ4n) is 12.2. The molecule has 5 heterocycles. The van der Waals surface area contributed by atoms with Gasteiger partial charge < -0.3 is 28.4 Å². The maximum Gasteiger partial charge on any atom is 0.424 e. The molecule has 2 atom stereocenters. The maximum atomic E-state index is 16.4. The molecule has 0 saturated carbocycles. The Morgan fingerprint density at radius 3 is 1.34 bits per heavy atom. The predicted molar refractivity (Wildman–Crippen MR) is 367 cm³/mol. The molecule has 25 heteroatoms. The molecule has 2 aliphatic carbocycles. The molecule has 9 aromatic rings. The molecular formula is C76H52N6O16S3. The summed E-state index contributed by atoms with van der Waals surface area (Å²) in [5.41, 5.74) is -7.28. The number of fused-ring (bicyclic) bond motifs is 6. The third kappa shape index (κ3) is 12.2. The van der Waals surface area contributed by atoms with Crippen molar-refractivity contribution in [2.24, 2.45) is 27.2 Å². The van der Waals surface area contributed by atoms with E-state index < -0.39 is 149 Å². The molecule has 13 rings (SSSR count). The van der Waals surface area contributed by atoms with Gasteiger partial charge >= 0.3 is 36.1 Å². The van der Waals surface area contributed by atoms with Crippen molar-refractivity contribution in [3.63, 3.8) is 0 Å². The Hall–Kier alpha value is -12.4. The third-order valence-electron chi connectivity index (χ3n) is 17.2. The summed E-state index contributed by atoms with van der Waals surface area (Å²) in [4.78, 5) is 161. The highest BCUT2D eigenvalue weighted by atomic mass is 32.1. The van der Waals surface area contributed by atoms with Crippen molar-refractivity contribution in [2.75, 3.05) is 0 Å². The Labute approximate surface area is 586 Å². The molecule has 3 aromatic heterocycles. The van der Waals surface area contributed by atoms with Gasteiger partial charge in [-0.15, -0.1) is 34.0 Å². The van der Waals surface area contributed by atoms with Gasteiger partial charge in [0.2, 0.25) is 10.8 Å². The summed E-state index contributed by atoms with van der Waals surface area (Å²) in [5, 5.41) is 21.1. The number of ether oxygens (including phenoxy) is 6. The van der Waals surface area contributed by atoms with Crippen LogP contribution in [0.5, 0.6) is 0 Å². The van der Waals surface area contributed by atoms with E-state index in [1.165, 1.54) is 13.8 Å². The number of likely N-dealkylation sites (tertiary alicyclic amines) is 1. The van der Waals surface area contributed by atoms with Crippen LogP contribution in [-0.4, -0.2) is 80.9 Å². The number of imide groups is 6. The second-order valence-electron chi connectivity index (χ2n) is 23.4. The first-order chi connectivity index (χ1) is 49.0. The Morgan fingerprint density at radius 2 is 0.911 bits per heavy atom. The van der Waals surface area contributed by atoms with E-state index in [-0.39, 0.29) is 42.3 Å². The van der Waals surface area contributed by atoms with Gasteiger partial charge in [0.15, 0.2) is 0 Å². The first kappa shape index (κ1) is 67.2. The summed E-state index contributed by atoms with van der Waals surface area (Å²) in [7, 11) is 0. The number of esters is 4. The largest absolute Gasteiger partial charge is 0.459 e. The standard InChI is InChI=1S/C76H52N6O16S3/c1-43-51(35-77)65(83)81(73(91)97-41-49-29-17-7-18-30-49)67(85)59(43)79-55-33-53-57(76(55,71(89)95-39-47-25-13-5-14-26-47)72(90)96-40-48-27-15-6-16-28-48)62-58(75(53,69(87)93-37-45-21-9-3-10-22-45)70(88)94-38-46-23-11-4-12-24-46)63-64(101-62)61-54(99-63)34-56(100-61)80-60-44(2)52(36-78)66(84)82(68(60)86)74(92)98-42-50-31-19-8-20-32-50/h3-34,44,52H,37-42H2,1-2H3/b79-59+,80-60+. The van der Waals surface area contributed by atoms with E-state index in [1.54, 1.807) is 194 Å². The van der Waals surface area contributed by atoms with Crippen LogP contribution < -0.4 is 0 Å². The number of benzene rings is 6. The molecule has 22 nitrogen and oxygen atoms in total. The van der Waals surface area contributed by atoms with Crippen LogP contribution in [0.3, 0.4) is 0 Å². The summed E-state index contributed by atoms with van der Waals surface area (Å²) in [5.74, 6) is -13.2. The number of nitriles is 2. The first-order valence-electron chi connectivity index (χ1n) is 31.2. The highest BCUT2D eigenvalue weighted by Gasteiger charge is 2.71. The van der Waals surface area contributed by atoms with Crippen LogP contribution in [0.4, 0.5) is 14.6 Å². The van der Waals surface area contributed by atoms with Crippen LogP contribution in [0.15, 0.2) is 227 Å². The van der Waals surface area contributed by atoms with Gasteiger partial charge in [-0.1, -0.05) is 189 Å². The van der Waals surface area contributed by atoms with Crippen molar-refractivity contribution in [1.82, 2.24) is 9.80 Å². The van der Waals surface area contributed by atoms with E-state index in [4.69, 9.17) is 38.4 Å². The fraction of sp³-hybridized carbons (Fsp3) is 0.158. The van der Waals surface area contributed by atoms with Crippen molar-refractivity contribution in [2.45, 2.75) is 58.9 Å². The lowest BCUT2D eigenvalue weighted by molar-refractivity contribution is -0.167. The Morgan fingerprint density at radius 1 is 0.495 bits per heavy atom. The minimum absolute atomic E-state index is 0.0550. The molecule has 0 spiro atoms. The molecule has 2 unspecified atom stereocenters.